The predicted octanol–water partition coefficient (Wildman–Crippen LogP) is 3.68. The lowest BCUT2D eigenvalue weighted by atomic mass is 9.91. The fraction of sp³-hybridized carbons (Fsp3) is 0.588. The zero-order valence-corrected chi connectivity index (χ0v) is 13.3. The van der Waals surface area contributed by atoms with E-state index in [1.54, 1.807) is 4.90 Å². The third-order valence-corrected chi connectivity index (χ3v) is 4.75. The van der Waals surface area contributed by atoms with Gasteiger partial charge in [-0.2, -0.15) is 13.2 Å². The van der Waals surface area contributed by atoms with Gasteiger partial charge in [0, 0.05) is 32.0 Å². The summed E-state index contributed by atoms with van der Waals surface area (Å²) in [6.07, 6.45) is -3.15. The van der Waals surface area contributed by atoms with E-state index in [0.29, 0.717) is 30.6 Å². The molecule has 1 aromatic rings. The Hall–Kier alpha value is -1.76. The van der Waals surface area contributed by atoms with Gasteiger partial charge >= 0.3 is 12.2 Å². The molecule has 2 heterocycles. The normalized spacial score (nSPS) is 24.4. The van der Waals surface area contributed by atoms with Crippen molar-refractivity contribution in [2.45, 2.75) is 25.4 Å². The van der Waals surface area contributed by atoms with Crippen LogP contribution in [0.2, 0.25) is 0 Å². The first kappa shape index (κ1) is 17.1. The summed E-state index contributed by atoms with van der Waals surface area (Å²) in [6, 6.07) is 5.62. The highest BCUT2D eigenvalue weighted by Crippen LogP contribution is 2.30. The third-order valence-electron chi connectivity index (χ3n) is 4.75. The van der Waals surface area contributed by atoms with Crippen molar-refractivity contribution in [2.75, 3.05) is 31.6 Å². The third kappa shape index (κ3) is 4.41. The number of hydrogen-bond acceptors (Lipinski definition) is 2. The number of rotatable bonds is 3. The smallest absolute Gasteiger partial charge is 0.381 e. The lowest BCUT2D eigenvalue weighted by Gasteiger charge is -2.19. The number of urea groups is 1. The maximum Gasteiger partial charge on any atom is 0.393 e. The molecule has 1 N–H and O–H groups in total. The quantitative estimate of drug-likeness (QED) is 0.910. The molecule has 0 bridgehead atoms. The van der Waals surface area contributed by atoms with Gasteiger partial charge in [0.05, 0.1) is 6.42 Å². The average Bonchev–Trinajstić information content (AvgIpc) is 3.18. The van der Waals surface area contributed by atoms with Crippen molar-refractivity contribution in [1.82, 2.24) is 4.90 Å². The van der Waals surface area contributed by atoms with E-state index in [1.165, 1.54) is 24.3 Å². The van der Waals surface area contributed by atoms with Crippen LogP contribution < -0.4 is 5.32 Å². The van der Waals surface area contributed by atoms with Crippen LogP contribution in [-0.4, -0.2) is 43.4 Å². The first-order valence-electron chi connectivity index (χ1n) is 8.20. The lowest BCUT2D eigenvalue weighted by Crippen LogP contribution is -2.33. The molecule has 2 aliphatic heterocycles. The van der Waals surface area contributed by atoms with Crippen LogP contribution in [0, 0.1) is 11.8 Å². The number of amides is 2. The molecule has 0 aliphatic carbocycles. The van der Waals surface area contributed by atoms with E-state index in [2.05, 4.69) is 5.32 Å². The largest absolute Gasteiger partial charge is 0.393 e. The second kappa shape index (κ2) is 7.01. The van der Waals surface area contributed by atoms with Gasteiger partial charge in [-0.15, -0.1) is 0 Å². The topological polar surface area (TPSA) is 41.6 Å². The van der Waals surface area contributed by atoms with Crippen LogP contribution >= 0.6 is 0 Å². The monoisotopic (exact) mass is 342 g/mol. The van der Waals surface area contributed by atoms with Crippen molar-refractivity contribution >= 4 is 11.7 Å². The van der Waals surface area contributed by atoms with Gasteiger partial charge in [0.2, 0.25) is 0 Å². The number of hydrogen-bond donors (Lipinski definition) is 1. The second-order valence-electron chi connectivity index (χ2n) is 6.54. The highest BCUT2D eigenvalue weighted by atomic mass is 19.4. The number of nitrogens with zero attached hydrogens (tertiary/aromatic N) is 1. The molecule has 0 aromatic heterocycles. The summed E-state index contributed by atoms with van der Waals surface area (Å²) in [5, 5.41) is 2.76. The number of carbonyl (C=O) groups is 1. The average molecular weight is 342 g/mol. The molecular formula is C17H21F3N2O2. The summed E-state index contributed by atoms with van der Waals surface area (Å²) in [5.74, 6) is 1.01. The molecule has 2 amide bonds. The standard InChI is InChI=1S/C17H21F3N2O2/c18-17(19,20)9-12-1-3-15(4-2-12)21-16(23)22-7-5-13(10-22)14-6-8-24-11-14/h1-4,13-14H,5-11H2,(H,21,23)/t13-,14-/m1/s1. The maximum atomic E-state index is 12.3. The van der Waals surface area contributed by atoms with Crippen LogP contribution in [0.4, 0.5) is 23.7 Å². The molecule has 1 aromatic carbocycles. The Kier molecular flexibility index (Phi) is 4.99. The van der Waals surface area contributed by atoms with Crippen molar-refractivity contribution in [1.29, 1.82) is 0 Å². The van der Waals surface area contributed by atoms with Gasteiger partial charge in [-0.25, -0.2) is 4.79 Å². The Bertz CT molecular complexity index is 568. The summed E-state index contributed by atoms with van der Waals surface area (Å²) >= 11 is 0. The van der Waals surface area contributed by atoms with E-state index in [-0.39, 0.29) is 11.6 Å². The number of ether oxygens (including phenoxy) is 1. The van der Waals surface area contributed by atoms with E-state index in [9.17, 15) is 18.0 Å². The summed E-state index contributed by atoms with van der Waals surface area (Å²) in [5.41, 5.74) is 0.696. The summed E-state index contributed by atoms with van der Waals surface area (Å²) in [6.45, 7) is 3.00. The van der Waals surface area contributed by atoms with E-state index >= 15 is 0 Å². The van der Waals surface area contributed by atoms with Gasteiger partial charge in [-0.1, -0.05) is 12.1 Å². The van der Waals surface area contributed by atoms with Crippen molar-refractivity contribution in [3.63, 3.8) is 0 Å². The van der Waals surface area contributed by atoms with Crippen LogP contribution in [0.1, 0.15) is 18.4 Å². The van der Waals surface area contributed by atoms with Crippen LogP contribution in [-0.2, 0) is 11.2 Å². The minimum absolute atomic E-state index is 0.183. The molecule has 2 aliphatic rings. The van der Waals surface area contributed by atoms with Gasteiger partial charge in [0.25, 0.3) is 0 Å². The second-order valence-corrected chi connectivity index (χ2v) is 6.54. The zero-order chi connectivity index (χ0) is 17.2. The Morgan fingerprint density at radius 2 is 1.96 bits per heavy atom. The van der Waals surface area contributed by atoms with Crippen LogP contribution in [0.15, 0.2) is 24.3 Å². The van der Waals surface area contributed by atoms with E-state index in [0.717, 1.165) is 26.1 Å². The lowest BCUT2D eigenvalue weighted by molar-refractivity contribution is -0.127. The van der Waals surface area contributed by atoms with Gasteiger partial charge < -0.3 is 15.0 Å². The number of likely N-dealkylation sites (tertiary alicyclic amines) is 1. The Labute approximate surface area is 139 Å². The number of nitrogens with one attached hydrogen (secondary N) is 1. The molecule has 4 nitrogen and oxygen atoms in total. The number of carbonyl (C=O) groups excluding carboxylic acids is 1. The van der Waals surface area contributed by atoms with Gasteiger partial charge in [0.15, 0.2) is 0 Å². The van der Waals surface area contributed by atoms with E-state index in [4.69, 9.17) is 4.74 Å². The Morgan fingerprint density at radius 1 is 1.21 bits per heavy atom. The molecule has 0 radical (unpaired) electrons. The van der Waals surface area contributed by atoms with Crippen LogP contribution in [0.5, 0.6) is 0 Å². The summed E-state index contributed by atoms with van der Waals surface area (Å²) in [7, 11) is 0. The fourth-order valence-electron chi connectivity index (χ4n) is 3.42. The zero-order valence-electron chi connectivity index (χ0n) is 13.3. The highest BCUT2D eigenvalue weighted by molar-refractivity contribution is 5.89. The molecule has 24 heavy (non-hydrogen) atoms. The van der Waals surface area contributed by atoms with Crippen molar-refractivity contribution in [2.24, 2.45) is 11.8 Å². The maximum absolute atomic E-state index is 12.3. The molecule has 2 atom stereocenters. The van der Waals surface area contributed by atoms with Crippen molar-refractivity contribution < 1.29 is 22.7 Å². The number of alkyl halides is 3. The van der Waals surface area contributed by atoms with Crippen LogP contribution in [0.3, 0.4) is 0 Å². The van der Waals surface area contributed by atoms with E-state index in [1.807, 2.05) is 0 Å². The molecular weight excluding hydrogens is 321 g/mol. The fourth-order valence-corrected chi connectivity index (χ4v) is 3.42. The predicted molar refractivity (Wildman–Crippen MR) is 83.8 cm³/mol. The van der Waals surface area contributed by atoms with Gasteiger partial charge in [-0.3, -0.25) is 0 Å². The minimum atomic E-state index is -4.22. The molecule has 0 spiro atoms. The molecule has 132 valence electrons. The SMILES string of the molecule is O=C(Nc1ccc(CC(F)(F)F)cc1)N1CC[C@@H]([C@@H]2CCOC2)C1. The summed E-state index contributed by atoms with van der Waals surface area (Å²) in [4.78, 5) is 14.1. The molecule has 0 unspecified atom stereocenters. The molecule has 2 saturated heterocycles. The number of benzene rings is 1. The Morgan fingerprint density at radius 3 is 2.58 bits per heavy atom. The first-order chi connectivity index (χ1) is 11.4. The van der Waals surface area contributed by atoms with Crippen LogP contribution in [0.25, 0.3) is 0 Å². The van der Waals surface area contributed by atoms with Gasteiger partial charge in [-0.05, 0) is 42.4 Å². The molecule has 0 saturated carbocycles. The number of anilines is 1. The number of halogens is 3. The molecule has 3 rings (SSSR count). The van der Waals surface area contributed by atoms with Crippen molar-refractivity contribution in [3.8, 4) is 0 Å². The van der Waals surface area contributed by atoms with Crippen molar-refractivity contribution in [3.05, 3.63) is 29.8 Å². The van der Waals surface area contributed by atoms with Gasteiger partial charge in [0.1, 0.15) is 0 Å². The highest BCUT2D eigenvalue weighted by Gasteiger charge is 2.33. The Balaban J connectivity index is 1.51. The molecule has 7 heteroatoms. The molecule has 2 fully saturated rings. The first-order valence-corrected chi connectivity index (χ1v) is 8.20. The van der Waals surface area contributed by atoms with E-state index < -0.39 is 12.6 Å². The minimum Gasteiger partial charge on any atom is -0.381 e. The summed E-state index contributed by atoms with van der Waals surface area (Å²) < 4.78 is 42.4.